The van der Waals surface area contributed by atoms with Crippen molar-refractivity contribution in [2.45, 2.75) is 51.4 Å². The Labute approximate surface area is 305 Å². The van der Waals surface area contributed by atoms with Crippen LogP contribution >= 0.6 is 11.6 Å². The van der Waals surface area contributed by atoms with Crippen molar-refractivity contribution in [3.8, 4) is 0 Å². The van der Waals surface area contributed by atoms with E-state index in [9.17, 15) is 32.3 Å². The lowest BCUT2D eigenvalue weighted by Gasteiger charge is -2.36. The highest BCUT2D eigenvalue weighted by Crippen LogP contribution is 2.34. The molecular formula is C34H38ClF3N10O5. The SMILES string of the molecule is CCc1c(N2CCN(C(=O)c3c[nH]n(C4CCNCC4)c3=O)CC2)c(=O)n2nc(C3=CCOCC3)nc2n1CC(=O)Nc1ccc(C(F)(F)F)cc1Cl. The average Bonchev–Trinajstić information content (AvgIpc) is 3.78. The van der Waals surface area contributed by atoms with Crippen LogP contribution in [0, 0.1) is 0 Å². The molecule has 4 aromatic rings. The third kappa shape index (κ3) is 7.22. The van der Waals surface area contributed by atoms with Crippen molar-refractivity contribution in [1.29, 1.82) is 0 Å². The number of nitrogens with one attached hydrogen (secondary N) is 3. The summed E-state index contributed by atoms with van der Waals surface area (Å²) >= 11 is 6.13. The molecule has 15 nitrogen and oxygen atoms in total. The van der Waals surface area contributed by atoms with E-state index in [0.717, 1.165) is 54.2 Å². The number of piperidine rings is 1. The standard InChI is InChI=1S/C34H38ClF3N10O5/c1-2-26-28(44-11-13-45(14-12-44)30(50)23-18-40-47(31(23)51)22-5-9-39-10-6-22)32(52)48-33(42-29(43-48)20-7-15-53-16-8-20)46(26)19-27(49)41-25-4-3-21(17-24(25)35)34(36,37)38/h3-4,7,17-18,22,39-40H,2,5-6,8-16,19H2,1H3,(H,41,49). The van der Waals surface area contributed by atoms with Gasteiger partial charge in [-0.25, -0.2) is 4.68 Å². The monoisotopic (exact) mass is 758 g/mol. The summed E-state index contributed by atoms with van der Waals surface area (Å²) < 4.78 is 49.3. The van der Waals surface area contributed by atoms with Crippen molar-refractivity contribution in [1.82, 2.24) is 39.2 Å². The summed E-state index contributed by atoms with van der Waals surface area (Å²) in [6.07, 6.45) is 1.05. The van der Waals surface area contributed by atoms with Crippen molar-refractivity contribution in [3.05, 3.63) is 78.8 Å². The Bertz CT molecular complexity index is 2190. The van der Waals surface area contributed by atoms with Gasteiger partial charge in [-0.1, -0.05) is 24.6 Å². The molecule has 3 N–H and O–H groups in total. The van der Waals surface area contributed by atoms with Crippen molar-refractivity contribution in [3.63, 3.8) is 0 Å². The fraction of sp³-hybridized carbons (Fsp3) is 0.471. The summed E-state index contributed by atoms with van der Waals surface area (Å²) in [5.41, 5.74) is -0.187. The van der Waals surface area contributed by atoms with E-state index in [-0.39, 0.29) is 72.1 Å². The van der Waals surface area contributed by atoms with Crippen LogP contribution in [0.25, 0.3) is 11.4 Å². The number of alkyl halides is 3. The number of aromatic nitrogens is 6. The van der Waals surface area contributed by atoms with Crippen LogP contribution in [-0.2, 0) is 28.7 Å². The number of hydrogen-bond donors (Lipinski definition) is 3. The fourth-order valence-electron chi connectivity index (χ4n) is 7.10. The van der Waals surface area contributed by atoms with Gasteiger partial charge in [0, 0.05) is 32.4 Å². The molecule has 3 aromatic heterocycles. The Morgan fingerprint density at radius 2 is 1.85 bits per heavy atom. The van der Waals surface area contributed by atoms with Gasteiger partial charge in [0.25, 0.3) is 17.0 Å². The summed E-state index contributed by atoms with van der Waals surface area (Å²) in [6, 6.07) is 2.63. The summed E-state index contributed by atoms with van der Waals surface area (Å²) in [7, 11) is 0. The zero-order chi connectivity index (χ0) is 37.4. The number of ether oxygens (including phenoxy) is 1. The number of carbonyl (C=O) groups is 2. The quantitative estimate of drug-likeness (QED) is 0.245. The smallest absolute Gasteiger partial charge is 0.377 e. The van der Waals surface area contributed by atoms with Crippen LogP contribution in [0.15, 0.2) is 40.1 Å². The van der Waals surface area contributed by atoms with Crippen LogP contribution in [0.2, 0.25) is 5.02 Å². The average molecular weight is 759 g/mol. The molecule has 53 heavy (non-hydrogen) atoms. The molecule has 2 amide bonds. The summed E-state index contributed by atoms with van der Waals surface area (Å²) in [5, 5.41) is 13.1. The second-order valence-corrected chi connectivity index (χ2v) is 13.5. The lowest BCUT2D eigenvalue weighted by molar-refractivity contribution is -0.137. The number of fused-ring (bicyclic) bond motifs is 1. The molecule has 0 aliphatic carbocycles. The molecule has 0 spiro atoms. The highest BCUT2D eigenvalue weighted by Gasteiger charge is 2.33. The van der Waals surface area contributed by atoms with Gasteiger partial charge in [0.2, 0.25) is 11.7 Å². The van der Waals surface area contributed by atoms with Gasteiger partial charge in [-0.05, 0) is 62.5 Å². The highest BCUT2D eigenvalue weighted by atomic mass is 35.5. The van der Waals surface area contributed by atoms with Crippen LogP contribution in [0.5, 0.6) is 0 Å². The minimum Gasteiger partial charge on any atom is -0.377 e. The molecule has 1 aromatic carbocycles. The predicted molar refractivity (Wildman–Crippen MR) is 189 cm³/mol. The van der Waals surface area contributed by atoms with Crippen molar-refractivity contribution in [2.75, 3.05) is 62.7 Å². The number of H-pyrrole nitrogens is 1. The van der Waals surface area contributed by atoms with Gasteiger partial charge in [0.1, 0.15) is 17.8 Å². The van der Waals surface area contributed by atoms with Crippen molar-refractivity contribution >= 4 is 46.1 Å². The maximum absolute atomic E-state index is 14.2. The van der Waals surface area contributed by atoms with Gasteiger partial charge < -0.3 is 34.8 Å². The van der Waals surface area contributed by atoms with E-state index >= 15 is 0 Å². The molecule has 7 rings (SSSR count). The normalized spacial score (nSPS) is 17.3. The molecule has 2 fully saturated rings. The van der Waals surface area contributed by atoms with E-state index in [2.05, 4.69) is 25.8 Å². The Morgan fingerprint density at radius 3 is 2.51 bits per heavy atom. The van der Waals surface area contributed by atoms with Gasteiger partial charge in [-0.2, -0.15) is 22.7 Å². The number of anilines is 2. The number of amides is 2. The Kier molecular flexibility index (Phi) is 10.2. The highest BCUT2D eigenvalue weighted by molar-refractivity contribution is 6.33. The summed E-state index contributed by atoms with van der Waals surface area (Å²) in [6.45, 7) is 4.79. The van der Waals surface area contributed by atoms with E-state index in [1.807, 2.05) is 17.9 Å². The lowest BCUT2D eigenvalue weighted by atomic mass is 10.1. The minimum atomic E-state index is -4.61. The van der Waals surface area contributed by atoms with E-state index in [1.165, 1.54) is 10.9 Å². The van der Waals surface area contributed by atoms with Gasteiger partial charge in [-0.15, -0.1) is 5.10 Å². The Hall–Kier alpha value is -4.94. The van der Waals surface area contributed by atoms with E-state index in [4.69, 9.17) is 16.3 Å². The molecule has 19 heteroatoms. The molecule has 3 aliphatic rings. The molecule has 6 heterocycles. The first kappa shape index (κ1) is 36.4. The second kappa shape index (κ2) is 14.8. The number of piperazine rings is 1. The lowest BCUT2D eigenvalue weighted by Crippen LogP contribution is -2.51. The molecular weight excluding hydrogens is 721 g/mol. The van der Waals surface area contributed by atoms with Crippen LogP contribution < -0.4 is 26.7 Å². The molecule has 282 valence electrons. The third-order valence-corrected chi connectivity index (χ3v) is 10.2. The first-order chi connectivity index (χ1) is 25.4. The largest absolute Gasteiger partial charge is 0.416 e. The van der Waals surface area contributed by atoms with Gasteiger partial charge in [0.05, 0.1) is 41.2 Å². The van der Waals surface area contributed by atoms with Crippen LogP contribution in [0.1, 0.15) is 59.7 Å². The number of halogens is 4. The van der Waals surface area contributed by atoms with E-state index in [1.54, 1.807) is 9.47 Å². The minimum absolute atomic E-state index is 0.0132. The first-order valence-electron chi connectivity index (χ1n) is 17.5. The summed E-state index contributed by atoms with van der Waals surface area (Å²) in [5.74, 6) is -0.601. The predicted octanol–water partition coefficient (Wildman–Crippen LogP) is 2.94. The molecule has 0 atom stereocenters. The molecule has 2 saturated heterocycles. The number of nitrogens with zero attached hydrogens (tertiary/aromatic N) is 7. The zero-order valence-corrected chi connectivity index (χ0v) is 29.6. The number of aromatic amines is 1. The molecule has 3 aliphatic heterocycles. The van der Waals surface area contributed by atoms with Crippen molar-refractivity contribution < 1.29 is 27.5 Å². The molecule has 0 bridgehead atoms. The van der Waals surface area contributed by atoms with Crippen LogP contribution in [-0.4, -0.2) is 98.1 Å². The second-order valence-electron chi connectivity index (χ2n) is 13.1. The van der Waals surface area contributed by atoms with Crippen LogP contribution in [0.4, 0.5) is 24.5 Å². The van der Waals surface area contributed by atoms with Crippen molar-refractivity contribution in [2.24, 2.45) is 0 Å². The Balaban J connectivity index is 1.18. The Morgan fingerprint density at radius 1 is 1.09 bits per heavy atom. The zero-order valence-electron chi connectivity index (χ0n) is 28.8. The molecule has 0 saturated carbocycles. The maximum Gasteiger partial charge on any atom is 0.416 e. The molecule has 0 unspecified atom stereocenters. The van der Waals surface area contributed by atoms with Gasteiger partial charge in [0.15, 0.2) is 5.82 Å². The topological polar surface area (TPSA) is 164 Å². The van der Waals surface area contributed by atoms with Gasteiger partial charge in [-0.3, -0.25) is 19.2 Å². The fourth-order valence-corrected chi connectivity index (χ4v) is 7.33. The van der Waals surface area contributed by atoms with E-state index in [0.29, 0.717) is 37.6 Å². The number of hydrogen-bond acceptors (Lipinski definition) is 9. The van der Waals surface area contributed by atoms with Gasteiger partial charge >= 0.3 is 6.18 Å². The molecule has 0 radical (unpaired) electrons. The number of rotatable bonds is 8. The summed E-state index contributed by atoms with van der Waals surface area (Å²) in [4.78, 5) is 62.6. The van der Waals surface area contributed by atoms with E-state index < -0.39 is 29.1 Å². The maximum atomic E-state index is 14.2. The number of benzene rings is 1. The first-order valence-corrected chi connectivity index (χ1v) is 17.8. The third-order valence-electron chi connectivity index (χ3n) is 9.87. The number of carbonyl (C=O) groups excluding carboxylic acids is 2. The van der Waals surface area contributed by atoms with Crippen LogP contribution in [0.3, 0.4) is 0 Å².